The average Bonchev–Trinajstić information content (AvgIpc) is 2.80. The standard InChI is InChI=1S/C25H17F3N2O3/c26-25(27,28)33-20-12-10-19(11-13-20)29-23(31)21-14-15-22(30-24(21)32)18-8-6-17(7-9-18)16-4-2-1-3-5-16/h1-15H,(H,29,31)(H,30,32). The van der Waals surface area contributed by atoms with Crippen molar-refractivity contribution in [3.8, 4) is 28.1 Å². The van der Waals surface area contributed by atoms with Crippen LogP contribution in [0.3, 0.4) is 0 Å². The topological polar surface area (TPSA) is 71.2 Å². The second-order valence-electron chi connectivity index (χ2n) is 7.08. The van der Waals surface area contributed by atoms with Gasteiger partial charge in [0, 0.05) is 11.4 Å². The number of hydrogen-bond donors (Lipinski definition) is 2. The van der Waals surface area contributed by atoms with Crippen LogP contribution in [0.4, 0.5) is 18.9 Å². The smallest absolute Gasteiger partial charge is 0.406 e. The van der Waals surface area contributed by atoms with Gasteiger partial charge in [0.15, 0.2) is 0 Å². The molecule has 33 heavy (non-hydrogen) atoms. The molecule has 0 unspecified atom stereocenters. The summed E-state index contributed by atoms with van der Waals surface area (Å²) in [6.45, 7) is 0. The van der Waals surface area contributed by atoms with E-state index in [4.69, 9.17) is 0 Å². The Kier molecular flexibility index (Phi) is 5.99. The van der Waals surface area contributed by atoms with Crippen molar-refractivity contribution in [3.63, 3.8) is 0 Å². The van der Waals surface area contributed by atoms with Gasteiger partial charge in [-0.2, -0.15) is 0 Å². The molecule has 0 saturated heterocycles. The molecule has 0 aliphatic rings. The Morgan fingerprint density at radius 1 is 0.758 bits per heavy atom. The molecule has 166 valence electrons. The van der Waals surface area contributed by atoms with Gasteiger partial charge in [-0.25, -0.2) is 0 Å². The van der Waals surface area contributed by atoms with Crippen LogP contribution in [-0.2, 0) is 0 Å². The summed E-state index contributed by atoms with van der Waals surface area (Å²) in [6, 6.07) is 25.1. The van der Waals surface area contributed by atoms with Gasteiger partial charge in [-0.1, -0.05) is 54.6 Å². The summed E-state index contributed by atoms with van der Waals surface area (Å²) in [4.78, 5) is 27.6. The highest BCUT2D eigenvalue weighted by molar-refractivity contribution is 6.04. The highest BCUT2D eigenvalue weighted by Gasteiger charge is 2.31. The third-order valence-electron chi connectivity index (χ3n) is 4.80. The number of halogens is 3. The van der Waals surface area contributed by atoms with Crippen molar-refractivity contribution in [3.05, 3.63) is 107 Å². The fourth-order valence-corrected chi connectivity index (χ4v) is 3.23. The van der Waals surface area contributed by atoms with Gasteiger partial charge in [-0.3, -0.25) is 9.59 Å². The molecule has 4 rings (SSSR count). The zero-order valence-electron chi connectivity index (χ0n) is 17.0. The zero-order chi connectivity index (χ0) is 23.4. The zero-order valence-corrected chi connectivity index (χ0v) is 17.0. The van der Waals surface area contributed by atoms with Crippen molar-refractivity contribution in [1.29, 1.82) is 0 Å². The molecule has 5 nitrogen and oxygen atoms in total. The second kappa shape index (κ2) is 9.04. The van der Waals surface area contributed by atoms with E-state index in [0.29, 0.717) is 5.69 Å². The minimum absolute atomic E-state index is 0.129. The van der Waals surface area contributed by atoms with Crippen LogP contribution in [0.15, 0.2) is 95.8 Å². The predicted molar refractivity (Wildman–Crippen MR) is 119 cm³/mol. The van der Waals surface area contributed by atoms with Crippen molar-refractivity contribution in [1.82, 2.24) is 4.98 Å². The predicted octanol–water partition coefficient (Wildman–Crippen LogP) is 5.86. The first-order valence-corrected chi connectivity index (χ1v) is 9.85. The van der Waals surface area contributed by atoms with E-state index in [-0.39, 0.29) is 11.3 Å². The Hall–Kier alpha value is -4.33. The number of ether oxygens (including phenoxy) is 1. The number of carbonyl (C=O) groups excluding carboxylic acids is 1. The van der Waals surface area contributed by atoms with Crippen molar-refractivity contribution < 1.29 is 22.7 Å². The molecule has 4 aromatic rings. The van der Waals surface area contributed by atoms with Crippen molar-refractivity contribution in [2.75, 3.05) is 5.32 Å². The van der Waals surface area contributed by atoms with Crippen LogP contribution in [-0.4, -0.2) is 17.3 Å². The van der Waals surface area contributed by atoms with E-state index >= 15 is 0 Å². The summed E-state index contributed by atoms with van der Waals surface area (Å²) in [7, 11) is 0. The quantitative estimate of drug-likeness (QED) is 0.400. The van der Waals surface area contributed by atoms with Gasteiger partial charge >= 0.3 is 6.36 Å². The fraction of sp³-hybridized carbons (Fsp3) is 0.0400. The lowest BCUT2D eigenvalue weighted by molar-refractivity contribution is -0.274. The number of hydrogen-bond acceptors (Lipinski definition) is 3. The minimum atomic E-state index is -4.80. The Morgan fingerprint density at radius 2 is 1.36 bits per heavy atom. The van der Waals surface area contributed by atoms with Gasteiger partial charge < -0.3 is 15.0 Å². The van der Waals surface area contributed by atoms with Crippen molar-refractivity contribution >= 4 is 11.6 Å². The summed E-state index contributed by atoms with van der Waals surface area (Å²) in [5.74, 6) is -1.10. The van der Waals surface area contributed by atoms with Crippen LogP contribution in [0, 0.1) is 0 Å². The molecule has 0 radical (unpaired) electrons. The van der Waals surface area contributed by atoms with E-state index in [2.05, 4.69) is 15.0 Å². The summed E-state index contributed by atoms with van der Waals surface area (Å²) in [5.41, 5.74) is 2.93. The molecule has 0 saturated carbocycles. The molecule has 1 amide bonds. The summed E-state index contributed by atoms with van der Waals surface area (Å²) >= 11 is 0. The number of anilines is 1. The maximum Gasteiger partial charge on any atom is 0.573 e. The van der Waals surface area contributed by atoms with Crippen molar-refractivity contribution in [2.45, 2.75) is 6.36 Å². The molecule has 3 aromatic carbocycles. The maximum absolute atomic E-state index is 12.5. The van der Waals surface area contributed by atoms with Gasteiger partial charge in [0.1, 0.15) is 11.3 Å². The molecule has 0 aliphatic carbocycles. The van der Waals surface area contributed by atoms with E-state index < -0.39 is 23.6 Å². The maximum atomic E-state index is 12.5. The van der Waals surface area contributed by atoms with E-state index in [9.17, 15) is 22.8 Å². The molecule has 1 aromatic heterocycles. The van der Waals surface area contributed by atoms with E-state index in [1.807, 2.05) is 54.6 Å². The van der Waals surface area contributed by atoms with Gasteiger partial charge in [0.2, 0.25) is 0 Å². The lowest BCUT2D eigenvalue weighted by atomic mass is 10.0. The summed E-state index contributed by atoms with van der Waals surface area (Å²) < 4.78 is 40.5. The Labute approximate surface area is 186 Å². The Balaban J connectivity index is 1.47. The number of amides is 1. The van der Waals surface area contributed by atoms with Gasteiger partial charge in [-0.05, 0) is 53.1 Å². The summed E-state index contributed by atoms with van der Waals surface area (Å²) in [6.07, 6.45) is -4.80. The number of aromatic amines is 1. The summed E-state index contributed by atoms with van der Waals surface area (Å²) in [5, 5.41) is 2.48. The first-order chi connectivity index (χ1) is 15.8. The first kappa shape index (κ1) is 21.9. The fourth-order valence-electron chi connectivity index (χ4n) is 3.23. The lowest BCUT2D eigenvalue weighted by Crippen LogP contribution is -2.23. The number of carbonyl (C=O) groups is 1. The normalized spacial score (nSPS) is 11.1. The van der Waals surface area contributed by atoms with E-state index in [0.717, 1.165) is 28.8 Å². The van der Waals surface area contributed by atoms with Crippen LogP contribution in [0.1, 0.15) is 10.4 Å². The molecule has 0 atom stereocenters. The number of aromatic nitrogens is 1. The lowest BCUT2D eigenvalue weighted by Gasteiger charge is -2.10. The molecular formula is C25H17F3N2O3. The molecule has 2 N–H and O–H groups in total. The molecule has 1 heterocycles. The molecule has 0 aliphatic heterocycles. The average molecular weight is 450 g/mol. The van der Waals surface area contributed by atoms with Gasteiger partial charge in [0.25, 0.3) is 11.5 Å². The molecular weight excluding hydrogens is 433 g/mol. The van der Waals surface area contributed by atoms with Crippen LogP contribution >= 0.6 is 0 Å². The van der Waals surface area contributed by atoms with Gasteiger partial charge in [-0.15, -0.1) is 13.2 Å². The third kappa shape index (κ3) is 5.48. The number of rotatable bonds is 5. The van der Waals surface area contributed by atoms with Gasteiger partial charge in [0.05, 0.1) is 0 Å². The number of nitrogens with one attached hydrogen (secondary N) is 2. The first-order valence-electron chi connectivity index (χ1n) is 9.85. The Bertz CT molecular complexity index is 1310. The van der Waals surface area contributed by atoms with Crippen molar-refractivity contribution in [2.24, 2.45) is 0 Å². The monoisotopic (exact) mass is 450 g/mol. The van der Waals surface area contributed by atoms with Crippen LogP contribution in [0.25, 0.3) is 22.4 Å². The molecule has 0 bridgehead atoms. The van der Waals surface area contributed by atoms with E-state index in [1.165, 1.54) is 18.2 Å². The molecule has 0 spiro atoms. The highest BCUT2D eigenvalue weighted by Crippen LogP contribution is 2.25. The molecule has 0 fully saturated rings. The second-order valence-corrected chi connectivity index (χ2v) is 7.08. The number of H-pyrrole nitrogens is 1. The van der Waals surface area contributed by atoms with E-state index in [1.54, 1.807) is 6.07 Å². The third-order valence-corrected chi connectivity index (χ3v) is 4.80. The number of benzene rings is 3. The SMILES string of the molecule is O=C(Nc1ccc(OC(F)(F)F)cc1)c1ccc(-c2ccc(-c3ccccc3)cc2)[nH]c1=O. The number of alkyl halides is 3. The number of pyridine rings is 1. The van der Waals surface area contributed by atoms with Crippen LogP contribution in [0.2, 0.25) is 0 Å². The van der Waals surface area contributed by atoms with Crippen LogP contribution in [0.5, 0.6) is 5.75 Å². The van der Waals surface area contributed by atoms with Crippen LogP contribution < -0.4 is 15.6 Å². The largest absolute Gasteiger partial charge is 0.573 e. The minimum Gasteiger partial charge on any atom is -0.406 e. The Morgan fingerprint density at radius 3 is 1.97 bits per heavy atom. The molecule has 8 heteroatoms. The highest BCUT2D eigenvalue weighted by atomic mass is 19.4.